The number of hydrogen-bond acceptors (Lipinski definition) is 4. The fourth-order valence-electron chi connectivity index (χ4n) is 2.18. The van der Waals surface area contributed by atoms with Crippen molar-refractivity contribution in [3.8, 4) is 0 Å². The van der Waals surface area contributed by atoms with Gasteiger partial charge in [-0.15, -0.1) is 11.3 Å². The van der Waals surface area contributed by atoms with Crippen LogP contribution in [0.1, 0.15) is 5.56 Å². The summed E-state index contributed by atoms with van der Waals surface area (Å²) >= 11 is 1.44. The Labute approximate surface area is 112 Å². The quantitative estimate of drug-likeness (QED) is 0.665. The molecule has 3 aromatic rings. The normalized spacial score (nSPS) is 10.9. The van der Waals surface area contributed by atoms with E-state index in [-0.39, 0.29) is 11.8 Å². The van der Waals surface area contributed by atoms with Crippen molar-refractivity contribution < 1.29 is 9.90 Å². The minimum Gasteiger partial charge on any atom is -0.550 e. The zero-order chi connectivity index (χ0) is 13.4. The molecule has 1 heterocycles. The zero-order valence-electron chi connectivity index (χ0n) is 9.88. The lowest BCUT2D eigenvalue weighted by Gasteiger charge is -2.07. The third kappa shape index (κ3) is 2.00. The van der Waals surface area contributed by atoms with Crippen molar-refractivity contribution in [2.75, 3.05) is 0 Å². The van der Waals surface area contributed by atoms with Gasteiger partial charge in [0.15, 0.2) is 5.43 Å². The highest BCUT2D eigenvalue weighted by atomic mass is 32.1. The fourth-order valence-corrected chi connectivity index (χ4v) is 3.36. The first-order valence-corrected chi connectivity index (χ1v) is 6.62. The van der Waals surface area contributed by atoms with E-state index >= 15 is 0 Å². The van der Waals surface area contributed by atoms with E-state index < -0.39 is 5.97 Å². The Bertz CT molecular complexity index is 849. The molecule has 0 atom stereocenters. The maximum absolute atomic E-state index is 12.4. The van der Waals surface area contributed by atoms with Crippen molar-refractivity contribution in [1.29, 1.82) is 0 Å². The lowest BCUT2D eigenvalue weighted by molar-refractivity contribution is -0.304. The number of carbonyl (C=O) groups excluding carboxylic acids is 1. The van der Waals surface area contributed by atoms with Gasteiger partial charge in [-0.2, -0.15) is 0 Å². The summed E-state index contributed by atoms with van der Waals surface area (Å²) in [7, 11) is 0. The molecule has 0 aliphatic carbocycles. The Balaban J connectivity index is 2.44. The van der Waals surface area contributed by atoms with Gasteiger partial charge in [0, 0.05) is 32.6 Å². The van der Waals surface area contributed by atoms with Crippen LogP contribution in [0.25, 0.3) is 20.2 Å². The summed E-state index contributed by atoms with van der Waals surface area (Å²) < 4.78 is 1.60. The Kier molecular flexibility index (Phi) is 2.80. The minimum atomic E-state index is -1.14. The monoisotopic (exact) mass is 269 g/mol. The second-order valence-electron chi connectivity index (χ2n) is 4.27. The molecule has 0 aliphatic heterocycles. The van der Waals surface area contributed by atoms with E-state index in [9.17, 15) is 14.7 Å². The molecule has 4 heteroatoms. The van der Waals surface area contributed by atoms with Gasteiger partial charge in [0.1, 0.15) is 0 Å². The van der Waals surface area contributed by atoms with Crippen LogP contribution in [0.5, 0.6) is 0 Å². The highest BCUT2D eigenvalue weighted by molar-refractivity contribution is 7.24. The van der Waals surface area contributed by atoms with Crippen LogP contribution in [0.4, 0.5) is 0 Å². The molecule has 0 saturated carbocycles. The fraction of sp³-hybridized carbons (Fsp3) is 0.0667. The molecular weight excluding hydrogens is 260 g/mol. The Morgan fingerprint density at radius 3 is 2.58 bits per heavy atom. The lowest BCUT2D eigenvalue weighted by Crippen LogP contribution is -2.24. The van der Waals surface area contributed by atoms with Gasteiger partial charge in [-0.25, -0.2) is 0 Å². The number of carboxylic acid groups (broad SMARTS) is 1. The van der Waals surface area contributed by atoms with Crippen LogP contribution in [0.3, 0.4) is 0 Å². The van der Waals surface area contributed by atoms with Crippen molar-refractivity contribution in [2.24, 2.45) is 0 Å². The number of aliphatic carboxylic acids is 1. The number of fused-ring (bicyclic) bond motifs is 2. The molecule has 94 valence electrons. The van der Waals surface area contributed by atoms with Gasteiger partial charge in [-0.3, -0.25) is 4.79 Å². The summed E-state index contributed by atoms with van der Waals surface area (Å²) in [5.74, 6) is -1.14. The summed E-state index contributed by atoms with van der Waals surface area (Å²) in [5, 5.41) is 12.0. The average Bonchev–Trinajstić information content (AvgIpc) is 2.40. The van der Waals surface area contributed by atoms with E-state index in [0.29, 0.717) is 16.3 Å². The number of rotatable bonds is 2. The maximum atomic E-state index is 12.4. The first-order chi connectivity index (χ1) is 9.16. The van der Waals surface area contributed by atoms with E-state index in [4.69, 9.17) is 0 Å². The summed E-state index contributed by atoms with van der Waals surface area (Å²) in [4.78, 5) is 23.1. The SMILES string of the molecule is O=C([O-])Cc1cccc2c(=O)c3ccccc3sc12. The van der Waals surface area contributed by atoms with Crippen LogP contribution in [-0.4, -0.2) is 5.97 Å². The van der Waals surface area contributed by atoms with Crippen molar-refractivity contribution >= 4 is 37.5 Å². The van der Waals surface area contributed by atoms with Crippen LogP contribution < -0.4 is 10.5 Å². The standard InChI is InChI=1S/C15H10O3S/c16-13(17)8-9-4-3-6-11-14(18)10-5-1-2-7-12(10)19-15(9)11/h1-7H,8H2,(H,16,17)/p-1. The lowest BCUT2D eigenvalue weighted by atomic mass is 10.1. The molecule has 2 aromatic carbocycles. The molecule has 1 aromatic heterocycles. The van der Waals surface area contributed by atoms with Gasteiger partial charge >= 0.3 is 0 Å². The topological polar surface area (TPSA) is 57.2 Å². The smallest absolute Gasteiger partial charge is 0.195 e. The summed E-state index contributed by atoms with van der Waals surface area (Å²) in [6, 6.07) is 12.5. The van der Waals surface area contributed by atoms with Gasteiger partial charge in [0.25, 0.3) is 0 Å². The molecule has 0 unspecified atom stereocenters. The van der Waals surface area contributed by atoms with Crippen LogP contribution in [0, 0.1) is 0 Å². The molecule has 0 radical (unpaired) electrons. The van der Waals surface area contributed by atoms with Crippen LogP contribution in [0.15, 0.2) is 47.3 Å². The first-order valence-electron chi connectivity index (χ1n) is 5.80. The second kappa shape index (κ2) is 4.48. The van der Waals surface area contributed by atoms with Crippen LogP contribution in [-0.2, 0) is 11.2 Å². The van der Waals surface area contributed by atoms with Crippen molar-refractivity contribution in [1.82, 2.24) is 0 Å². The predicted molar refractivity (Wildman–Crippen MR) is 74.3 cm³/mol. The molecule has 3 nitrogen and oxygen atoms in total. The van der Waals surface area contributed by atoms with Crippen molar-refractivity contribution in [3.05, 3.63) is 58.3 Å². The van der Waals surface area contributed by atoms with E-state index in [0.717, 1.165) is 9.40 Å². The largest absolute Gasteiger partial charge is 0.550 e. The maximum Gasteiger partial charge on any atom is 0.195 e. The van der Waals surface area contributed by atoms with E-state index in [1.807, 2.05) is 18.2 Å². The number of carboxylic acids is 1. The summed E-state index contributed by atoms with van der Waals surface area (Å²) in [6.45, 7) is 0. The third-order valence-corrected chi connectivity index (χ3v) is 4.28. The molecule has 0 fully saturated rings. The van der Waals surface area contributed by atoms with Crippen molar-refractivity contribution in [3.63, 3.8) is 0 Å². The predicted octanol–water partition coefficient (Wildman–Crippen LogP) is 1.71. The van der Waals surface area contributed by atoms with Crippen LogP contribution >= 0.6 is 11.3 Å². The Morgan fingerprint density at radius 1 is 1.05 bits per heavy atom. The number of carbonyl (C=O) groups is 1. The third-order valence-electron chi connectivity index (χ3n) is 3.02. The number of benzene rings is 2. The van der Waals surface area contributed by atoms with E-state index in [2.05, 4.69) is 0 Å². The Morgan fingerprint density at radius 2 is 1.79 bits per heavy atom. The van der Waals surface area contributed by atoms with Gasteiger partial charge in [0.2, 0.25) is 0 Å². The van der Waals surface area contributed by atoms with E-state index in [1.165, 1.54) is 11.3 Å². The molecule has 0 N–H and O–H groups in total. The van der Waals surface area contributed by atoms with Gasteiger partial charge in [0.05, 0.1) is 0 Å². The first kappa shape index (κ1) is 11.9. The molecule has 0 saturated heterocycles. The molecule has 0 amide bonds. The molecule has 0 aliphatic rings. The van der Waals surface area contributed by atoms with Crippen LogP contribution in [0.2, 0.25) is 0 Å². The van der Waals surface area contributed by atoms with Gasteiger partial charge < -0.3 is 9.90 Å². The molecule has 3 rings (SSSR count). The second-order valence-corrected chi connectivity index (χ2v) is 5.32. The van der Waals surface area contributed by atoms with Gasteiger partial charge in [-0.05, 0) is 23.8 Å². The molecule has 0 bridgehead atoms. The summed E-state index contributed by atoms with van der Waals surface area (Å²) in [5.41, 5.74) is 0.579. The molecular formula is C15H9O3S-. The molecule has 0 spiro atoms. The minimum absolute atomic E-state index is 0.0513. The zero-order valence-corrected chi connectivity index (χ0v) is 10.7. The number of hydrogen-bond donors (Lipinski definition) is 0. The highest BCUT2D eigenvalue weighted by Gasteiger charge is 2.08. The van der Waals surface area contributed by atoms with E-state index in [1.54, 1.807) is 24.3 Å². The molecule has 19 heavy (non-hydrogen) atoms. The average molecular weight is 269 g/mol. The van der Waals surface area contributed by atoms with Crippen molar-refractivity contribution in [2.45, 2.75) is 6.42 Å². The highest BCUT2D eigenvalue weighted by Crippen LogP contribution is 2.27. The Hall–Kier alpha value is -2.20. The summed E-state index contributed by atoms with van der Waals surface area (Å²) in [6.07, 6.45) is -0.175. The van der Waals surface area contributed by atoms with Gasteiger partial charge in [-0.1, -0.05) is 24.3 Å².